The fraction of sp³-hybridized carbons (Fsp3) is 0.500. The van der Waals surface area contributed by atoms with Crippen LogP contribution in [-0.2, 0) is 12.1 Å². The van der Waals surface area contributed by atoms with Crippen molar-refractivity contribution < 1.29 is 13.2 Å². The number of hydrogen-bond acceptors (Lipinski definition) is 1. The highest BCUT2D eigenvalue weighted by atomic mass is 35.5. The van der Waals surface area contributed by atoms with Crippen LogP contribution in [0, 0.1) is 0 Å². The summed E-state index contributed by atoms with van der Waals surface area (Å²) in [7, 11) is 0. The van der Waals surface area contributed by atoms with Gasteiger partial charge in [0.2, 0.25) is 0 Å². The molecule has 1 aliphatic carbocycles. The van der Waals surface area contributed by atoms with E-state index in [2.05, 4.69) is 4.98 Å². The summed E-state index contributed by atoms with van der Waals surface area (Å²) in [5.74, 6) is 0.198. The molecule has 1 nitrogen and oxygen atoms in total. The van der Waals surface area contributed by atoms with E-state index in [0.717, 1.165) is 19.0 Å². The van der Waals surface area contributed by atoms with E-state index in [9.17, 15) is 13.2 Å². The molecule has 5 heteroatoms. The van der Waals surface area contributed by atoms with Crippen LogP contribution in [0.4, 0.5) is 13.2 Å². The molecule has 0 aliphatic heterocycles. The summed E-state index contributed by atoms with van der Waals surface area (Å²) < 4.78 is 37.8. The number of pyridine rings is 1. The lowest BCUT2D eigenvalue weighted by atomic mass is 10.0. The van der Waals surface area contributed by atoms with Gasteiger partial charge in [0.15, 0.2) is 0 Å². The topological polar surface area (TPSA) is 12.9 Å². The molecule has 0 atom stereocenters. The van der Waals surface area contributed by atoms with Crippen molar-refractivity contribution in [1.82, 2.24) is 4.98 Å². The predicted molar refractivity (Wildman–Crippen MR) is 50.8 cm³/mol. The van der Waals surface area contributed by atoms with E-state index in [1.54, 1.807) is 0 Å². The van der Waals surface area contributed by atoms with Crippen molar-refractivity contribution in [3.8, 4) is 0 Å². The van der Waals surface area contributed by atoms with E-state index in [1.165, 1.54) is 6.07 Å². The van der Waals surface area contributed by atoms with E-state index in [0.29, 0.717) is 11.3 Å². The van der Waals surface area contributed by atoms with Crippen molar-refractivity contribution in [2.24, 2.45) is 0 Å². The average molecular weight is 236 g/mol. The Labute approximate surface area is 90.3 Å². The molecule has 0 N–H and O–H groups in total. The van der Waals surface area contributed by atoms with Crippen molar-refractivity contribution >= 4 is 11.6 Å². The first-order valence-corrected chi connectivity index (χ1v) is 5.18. The molecule has 1 heterocycles. The first kappa shape index (κ1) is 10.7. The molecular weight excluding hydrogens is 227 g/mol. The first-order valence-electron chi connectivity index (χ1n) is 4.64. The van der Waals surface area contributed by atoms with Crippen LogP contribution >= 0.6 is 11.6 Å². The van der Waals surface area contributed by atoms with E-state index in [4.69, 9.17) is 11.6 Å². The van der Waals surface area contributed by atoms with Crippen LogP contribution in [0.15, 0.2) is 12.3 Å². The first-order chi connectivity index (χ1) is 7.02. The van der Waals surface area contributed by atoms with Crippen LogP contribution in [0.2, 0.25) is 0 Å². The summed E-state index contributed by atoms with van der Waals surface area (Å²) in [6.07, 6.45) is -1.76. The maximum atomic E-state index is 12.6. The third-order valence-corrected chi connectivity index (χ3v) is 2.73. The number of rotatable bonds is 2. The maximum Gasteiger partial charge on any atom is 0.418 e. The number of halogens is 4. The molecule has 0 saturated heterocycles. The van der Waals surface area contributed by atoms with Crippen LogP contribution in [0.25, 0.3) is 0 Å². The summed E-state index contributed by atoms with van der Waals surface area (Å²) in [6.45, 7) is 0. The van der Waals surface area contributed by atoms with Crippen molar-refractivity contribution in [3.63, 3.8) is 0 Å². The fourth-order valence-corrected chi connectivity index (χ4v) is 1.70. The van der Waals surface area contributed by atoms with Gasteiger partial charge >= 0.3 is 6.18 Å². The molecule has 0 radical (unpaired) electrons. The molecule has 1 aromatic heterocycles. The second kappa shape index (κ2) is 3.67. The number of aromatic nitrogens is 1. The van der Waals surface area contributed by atoms with Crippen LogP contribution in [0.3, 0.4) is 0 Å². The molecule has 0 bridgehead atoms. The molecule has 1 saturated carbocycles. The zero-order valence-corrected chi connectivity index (χ0v) is 8.57. The van der Waals surface area contributed by atoms with Gasteiger partial charge in [0.25, 0.3) is 0 Å². The molecule has 0 aromatic carbocycles. The Morgan fingerprint density at radius 1 is 1.40 bits per heavy atom. The summed E-state index contributed by atoms with van der Waals surface area (Å²) in [6, 6.07) is 1.48. The number of nitrogens with zero attached hydrogens (tertiary/aromatic N) is 1. The summed E-state index contributed by atoms with van der Waals surface area (Å²) in [4.78, 5) is 3.68. The van der Waals surface area contributed by atoms with Crippen LogP contribution in [-0.4, -0.2) is 4.98 Å². The van der Waals surface area contributed by atoms with E-state index in [1.807, 2.05) is 0 Å². The molecule has 1 fully saturated rings. The molecule has 0 amide bonds. The number of hydrogen-bond donors (Lipinski definition) is 0. The minimum absolute atomic E-state index is 0.0478. The quantitative estimate of drug-likeness (QED) is 0.712. The van der Waals surface area contributed by atoms with Crippen LogP contribution < -0.4 is 0 Å². The second-order valence-electron chi connectivity index (χ2n) is 3.67. The minimum Gasteiger partial charge on any atom is -0.259 e. The Morgan fingerprint density at radius 2 is 2.07 bits per heavy atom. The standard InChI is InChI=1S/C10H9ClF3N/c11-4-7-3-8(6-1-2-6)9(5-15-7)10(12,13)14/h3,5-6H,1-2,4H2. The van der Waals surface area contributed by atoms with Crippen LogP contribution in [0.5, 0.6) is 0 Å². The third kappa shape index (κ3) is 2.25. The molecule has 2 rings (SSSR count). The highest BCUT2D eigenvalue weighted by molar-refractivity contribution is 6.16. The van der Waals surface area contributed by atoms with Gasteiger partial charge in [-0.25, -0.2) is 0 Å². The Hall–Kier alpha value is -0.770. The normalized spacial score (nSPS) is 16.8. The van der Waals surface area contributed by atoms with Gasteiger partial charge in [0, 0.05) is 6.20 Å². The zero-order chi connectivity index (χ0) is 11.1. The lowest BCUT2D eigenvalue weighted by Gasteiger charge is -2.12. The van der Waals surface area contributed by atoms with Gasteiger partial charge in [0.1, 0.15) is 0 Å². The summed E-state index contributed by atoms with van der Waals surface area (Å²) in [5, 5.41) is 0. The minimum atomic E-state index is -4.31. The average Bonchev–Trinajstić information content (AvgIpc) is 2.98. The molecule has 15 heavy (non-hydrogen) atoms. The zero-order valence-electron chi connectivity index (χ0n) is 7.81. The molecule has 1 aromatic rings. The van der Waals surface area contributed by atoms with Crippen LogP contribution in [0.1, 0.15) is 35.6 Å². The van der Waals surface area contributed by atoms with E-state index >= 15 is 0 Å². The van der Waals surface area contributed by atoms with Gasteiger partial charge in [-0.1, -0.05) is 0 Å². The van der Waals surface area contributed by atoms with Gasteiger partial charge in [0.05, 0.1) is 17.1 Å². The monoisotopic (exact) mass is 235 g/mol. The molecular formula is C10H9ClF3N. The second-order valence-corrected chi connectivity index (χ2v) is 3.94. The van der Waals surface area contributed by atoms with Crippen molar-refractivity contribution in [2.75, 3.05) is 0 Å². The Balaban J connectivity index is 2.45. The van der Waals surface area contributed by atoms with Gasteiger partial charge < -0.3 is 0 Å². The molecule has 0 spiro atoms. The largest absolute Gasteiger partial charge is 0.418 e. The van der Waals surface area contributed by atoms with Crippen molar-refractivity contribution in [3.05, 3.63) is 29.1 Å². The number of alkyl halides is 4. The summed E-state index contributed by atoms with van der Waals surface area (Å²) >= 11 is 5.55. The van der Waals surface area contributed by atoms with E-state index < -0.39 is 11.7 Å². The lowest BCUT2D eigenvalue weighted by molar-refractivity contribution is -0.138. The Bertz CT molecular complexity index is 371. The molecule has 82 valence electrons. The highest BCUT2D eigenvalue weighted by Gasteiger charge is 2.38. The Kier molecular flexibility index (Phi) is 2.63. The maximum absolute atomic E-state index is 12.6. The third-order valence-electron chi connectivity index (χ3n) is 2.45. The smallest absolute Gasteiger partial charge is 0.259 e. The fourth-order valence-electron chi connectivity index (χ4n) is 1.56. The van der Waals surface area contributed by atoms with Crippen molar-refractivity contribution in [2.45, 2.75) is 30.8 Å². The van der Waals surface area contributed by atoms with Gasteiger partial charge in [-0.3, -0.25) is 4.98 Å². The summed E-state index contributed by atoms with van der Waals surface area (Å²) in [5.41, 5.74) is 0.249. The predicted octanol–water partition coefficient (Wildman–Crippen LogP) is 3.72. The van der Waals surface area contributed by atoms with E-state index in [-0.39, 0.29) is 11.8 Å². The Morgan fingerprint density at radius 3 is 2.53 bits per heavy atom. The van der Waals surface area contributed by atoms with Gasteiger partial charge in [-0.15, -0.1) is 11.6 Å². The van der Waals surface area contributed by atoms with Crippen molar-refractivity contribution in [1.29, 1.82) is 0 Å². The highest BCUT2D eigenvalue weighted by Crippen LogP contribution is 2.45. The molecule has 1 aliphatic rings. The lowest BCUT2D eigenvalue weighted by Crippen LogP contribution is -2.10. The SMILES string of the molecule is FC(F)(F)c1cnc(CCl)cc1C1CC1. The van der Waals surface area contributed by atoms with Gasteiger partial charge in [-0.05, 0) is 30.4 Å². The molecule has 0 unspecified atom stereocenters. The van der Waals surface area contributed by atoms with Gasteiger partial charge in [-0.2, -0.15) is 13.2 Å².